The van der Waals surface area contributed by atoms with Crippen LogP contribution in [-0.2, 0) is 4.79 Å². The molecule has 0 N–H and O–H groups in total. The molecule has 0 aromatic heterocycles. The van der Waals surface area contributed by atoms with Gasteiger partial charge in [-0.05, 0) is 24.3 Å². The zero-order valence-corrected chi connectivity index (χ0v) is 7.06. The molecule has 4 nitrogen and oxygen atoms in total. The fourth-order valence-electron chi connectivity index (χ4n) is 0.796. The molecule has 0 heterocycles. The van der Waals surface area contributed by atoms with Gasteiger partial charge in [0.25, 0.3) is 0 Å². The molecule has 4 heteroatoms. The van der Waals surface area contributed by atoms with Crippen LogP contribution in [0.4, 0.5) is 5.69 Å². The van der Waals surface area contributed by atoms with Gasteiger partial charge in [0, 0.05) is 0 Å². The molecule has 68 valence electrons. The van der Waals surface area contributed by atoms with E-state index in [-0.39, 0.29) is 0 Å². The summed E-state index contributed by atoms with van der Waals surface area (Å²) in [7, 11) is 1.56. The lowest BCUT2D eigenvalue weighted by Crippen LogP contribution is -2.22. The Hall–Kier alpha value is -1.84. The zero-order valence-electron chi connectivity index (χ0n) is 7.06. The molecule has 0 spiro atoms. The number of nitrogens with zero attached hydrogens (tertiary/aromatic N) is 1. The average Bonchev–Trinajstić information content (AvgIpc) is 2.15. The molecule has 0 amide bonds. The van der Waals surface area contributed by atoms with E-state index in [9.17, 15) is 9.90 Å². The van der Waals surface area contributed by atoms with E-state index in [0.29, 0.717) is 11.4 Å². The minimum Gasteiger partial charge on any atom is -0.544 e. The van der Waals surface area contributed by atoms with Crippen LogP contribution in [0.3, 0.4) is 0 Å². The molecule has 1 aromatic rings. The molecule has 0 aliphatic heterocycles. The number of carbonyl (C=O) groups excluding carboxylic acids is 1. The highest BCUT2D eigenvalue weighted by Gasteiger charge is 1.89. The summed E-state index contributed by atoms with van der Waals surface area (Å²) in [6.07, 6.45) is 0.738. The minimum atomic E-state index is -1.31. The smallest absolute Gasteiger partial charge is 0.119 e. The molecule has 0 aliphatic rings. The lowest BCUT2D eigenvalue weighted by atomic mass is 10.3. The first-order valence-electron chi connectivity index (χ1n) is 3.61. The van der Waals surface area contributed by atoms with Gasteiger partial charge in [-0.2, -0.15) is 0 Å². The lowest BCUT2D eigenvalue weighted by molar-refractivity contribution is -0.293. The summed E-state index contributed by atoms with van der Waals surface area (Å²) in [4.78, 5) is 13.6. The van der Waals surface area contributed by atoms with Crippen LogP contribution in [0.25, 0.3) is 0 Å². The molecule has 0 atom stereocenters. The second-order valence-corrected chi connectivity index (χ2v) is 2.28. The van der Waals surface area contributed by atoms with Crippen LogP contribution in [0.1, 0.15) is 0 Å². The predicted octanol–water partition coefficient (Wildman–Crippen LogP) is 0.147. The van der Waals surface area contributed by atoms with Crippen LogP contribution in [0.5, 0.6) is 5.75 Å². The number of benzene rings is 1. The first-order valence-corrected chi connectivity index (χ1v) is 3.61. The molecule has 0 saturated carbocycles. The van der Waals surface area contributed by atoms with Crippen LogP contribution >= 0.6 is 0 Å². The van der Waals surface area contributed by atoms with E-state index in [4.69, 9.17) is 4.74 Å². The maximum Gasteiger partial charge on any atom is 0.119 e. The summed E-state index contributed by atoms with van der Waals surface area (Å²) in [5.74, 6) is -0.608. The van der Waals surface area contributed by atoms with E-state index in [2.05, 4.69) is 4.99 Å². The maximum atomic E-state index is 10.0. The third-order valence-corrected chi connectivity index (χ3v) is 1.39. The van der Waals surface area contributed by atoms with E-state index in [1.807, 2.05) is 0 Å². The number of hydrogen-bond acceptors (Lipinski definition) is 4. The van der Waals surface area contributed by atoms with Crippen molar-refractivity contribution in [2.75, 3.05) is 7.11 Å². The summed E-state index contributed by atoms with van der Waals surface area (Å²) in [5.41, 5.74) is 0.546. The standard InChI is InChI=1S/C9H9NO3/c1-13-8-4-2-7(3-5-8)10-6-9(11)12/h2-6H,1H3,(H,11,12)/p-1. The highest BCUT2D eigenvalue weighted by atomic mass is 16.5. The second-order valence-electron chi connectivity index (χ2n) is 2.28. The van der Waals surface area contributed by atoms with Gasteiger partial charge in [0.15, 0.2) is 0 Å². The SMILES string of the molecule is COc1ccc(N=CC(=O)[O-])cc1. The van der Waals surface area contributed by atoms with E-state index < -0.39 is 5.97 Å². The average molecular weight is 178 g/mol. The Morgan fingerprint density at radius 1 is 1.46 bits per heavy atom. The number of carboxylic acid groups (broad SMARTS) is 1. The van der Waals surface area contributed by atoms with E-state index in [1.54, 1.807) is 31.4 Å². The quantitative estimate of drug-likeness (QED) is 0.619. The maximum absolute atomic E-state index is 10.0. The topological polar surface area (TPSA) is 61.7 Å². The van der Waals surface area contributed by atoms with Crippen LogP contribution in [0.2, 0.25) is 0 Å². The van der Waals surface area contributed by atoms with E-state index in [0.717, 1.165) is 6.21 Å². The van der Waals surface area contributed by atoms with E-state index >= 15 is 0 Å². The number of aliphatic imine (C=N–C) groups is 1. The van der Waals surface area contributed by atoms with Gasteiger partial charge in [-0.15, -0.1) is 0 Å². The summed E-state index contributed by atoms with van der Waals surface area (Å²) in [6, 6.07) is 6.69. The molecule has 0 fully saturated rings. The molecule has 1 aromatic carbocycles. The van der Waals surface area contributed by atoms with Crippen molar-refractivity contribution in [3.63, 3.8) is 0 Å². The Labute approximate surface area is 75.5 Å². The minimum absolute atomic E-state index is 0.546. The molecule has 0 bridgehead atoms. The van der Waals surface area contributed by atoms with Crippen molar-refractivity contribution in [3.05, 3.63) is 24.3 Å². The number of carbonyl (C=O) groups is 1. The van der Waals surface area contributed by atoms with Gasteiger partial charge in [0.1, 0.15) is 5.75 Å². The van der Waals surface area contributed by atoms with Crippen molar-refractivity contribution in [2.24, 2.45) is 4.99 Å². The van der Waals surface area contributed by atoms with Gasteiger partial charge in [0.05, 0.1) is 25.0 Å². The molecule has 0 unspecified atom stereocenters. The third kappa shape index (κ3) is 2.94. The zero-order chi connectivity index (χ0) is 9.68. The molecule has 0 aliphatic carbocycles. The van der Waals surface area contributed by atoms with Gasteiger partial charge in [-0.3, -0.25) is 4.99 Å². The number of rotatable bonds is 3. The van der Waals surface area contributed by atoms with Gasteiger partial charge in [-0.1, -0.05) is 0 Å². The second kappa shape index (κ2) is 4.25. The summed E-state index contributed by atoms with van der Waals surface area (Å²) in [5, 5.41) is 10.0. The Morgan fingerprint density at radius 2 is 2.08 bits per heavy atom. The molecule has 13 heavy (non-hydrogen) atoms. The highest BCUT2D eigenvalue weighted by molar-refractivity contribution is 6.21. The number of carboxylic acids is 1. The van der Waals surface area contributed by atoms with Crippen LogP contribution in [0.15, 0.2) is 29.3 Å². The molecule has 0 saturated heterocycles. The highest BCUT2D eigenvalue weighted by Crippen LogP contribution is 2.16. The molecule has 0 radical (unpaired) electrons. The first-order chi connectivity index (χ1) is 6.22. The summed E-state index contributed by atoms with van der Waals surface area (Å²) in [6.45, 7) is 0. The third-order valence-electron chi connectivity index (χ3n) is 1.39. The van der Waals surface area contributed by atoms with Gasteiger partial charge < -0.3 is 14.6 Å². The van der Waals surface area contributed by atoms with Crippen molar-refractivity contribution in [3.8, 4) is 5.75 Å². The fourth-order valence-corrected chi connectivity index (χ4v) is 0.796. The Kier molecular flexibility index (Phi) is 3.03. The summed E-state index contributed by atoms with van der Waals surface area (Å²) >= 11 is 0. The lowest BCUT2D eigenvalue weighted by Gasteiger charge is -1.98. The molecule has 1 rings (SSSR count). The monoisotopic (exact) mass is 178 g/mol. The Balaban J connectivity index is 2.75. The van der Waals surface area contributed by atoms with Crippen molar-refractivity contribution in [1.82, 2.24) is 0 Å². The number of ether oxygens (including phenoxy) is 1. The molecular weight excluding hydrogens is 170 g/mol. The van der Waals surface area contributed by atoms with Crippen molar-refractivity contribution in [1.29, 1.82) is 0 Å². The summed E-state index contributed by atoms with van der Waals surface area (Å²) < 4.78 is 4.91. The van der Waals surface area contributed by atoms with Crippen LogP contribution < -0.4 is 9.84 Å². The van der Waals surface area contributed by atoms with Gasteiger partial charge in [0.2, 0.25) is 0 Å². The fraction of sp³-hybridized carbons (Fsp3) is 0.111. The van der Waals surface area contributed by atoms with Crippen molar-refractivity contribution >= 4 is 17.9 Å². The largest absolute Gasteiger partial charge is 0.544 e. The number of methoxy groups -OCH3 is 1. The van der Waals surface area contributed by atoms with E-state index in [1.165, 1.54) is 0 Å². The Morgan fingerprint density at radius 3 is 2.54 bits per heavy atom. The van der Waals surface area contributed by atoms with Crippen molar-refractivity contribution < 1.29 is 14.6 Å². The molecular formula is C9H8NO3-. The first kappa shape index (κ1) is 9.25. The normalized spacial score (nSPS) is 10.2. The van der Waals surface area contributed by atoms with Crippen LogP contribution in [-0.4, -0.2) is 19.3 Å². The predicted molar refractivity (Wildman–Crippen MR) is 46.2 cm³/mol. The number of aliphatic carboxylic acids is 1. The van der Waals surface area contributed by atoms with Gasteiger partial charge in [-0.25, -0.2) is 0 Å². The Bertz CT molecular complexity index is 316. The number of hydrogen-bond donors (Lipinski definition) is 0. The van der Waals surface area contributed by atoms with Gasteiger partial charge >= 0.3 is 0 Å². The van der Waals surface area contributed by atoms with Crippen molar-refractivity contribution in [2.45, 2.75) is 0 Å². The van der Waals surface area contributed by atoms with Crippen LogP contribution in [0, 0.1) is 0 Å².